The number of carboxylic acids is 1. The number of hydrogen-bond donors (Lipinski definition) is 1. The van der Waals surface area contributed by atoms with Gasteiger partial charge in [-0.25, -0.2) is 18.6 Å². The first-order valence-electron chi connectivity index (χ1n) is 5.39. The van der Waals surface area contributed by atoms with Crippen molar-refractivity contribution in [1.29, 1.82) is 0 Å². The number of nitro groups is 1. The first kappa shape index (κ1) is 14.3. The van der Waals surface area contributed by atoms with Gasteiger partial charge in [0.2, 0.25) is 5.75 Å². The fourth-order valence-electron chi connectivity index (χ4n) is 1.46. The number of ether oxygens (including phenoxy) is 1. The first-order valence-corrected chi connectivity index (χ1v) is 5.39. The standard InChI is InChI=1S/C12H6F2N2O5/c13-7-4-8(14)11(15-5-7)21-10-3-6(12(17)18)1-2-9(10)16(19)20/h1-5H,(H,17,18). The van der Waals surface area contributed by atoms with Crippen molar-refractivity contribution in [3.63, 3.8) is 0 Å². The molecule has 0 bridgehead atoms. The molecule has 0 spiro atoms. The summed E-state index contributed by atoms with van der Waals surface area (Å²) >= 11 is 0. The minimum absolute atomic E-state index is 0.293. The van der Waals surface area contributed by atoms with E-state index in [9.17, 15) is 23.7 Å². The molecule has 0 unspecified atom stereocenters. The second-order valence-corrected chi connectivity index (χ2v) is 3.79. The minimum atomic E-state index is -1.35. The van der Waals surface area contributed by atoms with E-state index in [1.54, 1.807) is 0 Å². The molecule has 1 N–H and O–H groups in total. The van der Waals surface area contributed by atoms with Crippen molar-refractivity contribution in [2.45, 2.75) is 0 Å². The van der Waals surface area contributed by atoms with Crippen LogP contribution in [0.4, 0.5) is 14.5 Å². The lowest BCUT2D eigenvalue weighted by atomic mass is 10.2. The van der Waals surface area contributed by atoms with Crippen molar-refractivity contribution in [1.82, 2.24) is 4.98 Å². The average molecular weight is 296 g/mol. The zero-order chi connectivity index (χ0) is 15.6. The molecule has 0 amide bonds. The molecule has 2 aromatic rings. The lowest BCUT2D eigenvalue weighted by Gasteiger charge is -2.07. The van der Waals surface area contributed by atoms with Crippen LogP contribution in [0.25, 0.3) is 0 Å². The maximum absolute atomic E-state index is 13.4. The third-order valence-corrected chi connectivity index (χ3v) is 2.38. The summed E-state index contributed by atoms with van der Waals surface area (Å²) in [5.41, 5.74) is -0.872. The maximum atomic E-state index is 13.4. The van der Waals surface area contributed by atoms with Gasteiger partial charge < -0.3 is 9.84 Å². The summed E-state index contributed by atoms with van der Waals surface area (Å²) in [7, 11) is 0. The molecule has 0 atom stereocenters. The van der Waals surface area contributed by atoms with E-state index in [4.69, 9.17) is 9.84 Å². The summed E-state index contributed by atoms with van der Waals surface area (Å²) in [6.45, 7) is 0. The number of nitro benzene ring substituents is 1. The quantitative estimate of drug-likeness (QED) is 0.687. The highest BCUT2D eigenvalue weighted by Crippen LogP contribution is 2.32. The Kier molecular flexibility index (Phi) is 3.74. The van der Waals surface area contributed by atoms with Gasteiger partial charge in [-0.3, -0.25) is 10.1 Å². The average Bonchev–Trinajstić information content (AvgIpc) is 2.41. The Morgan fingerprint density at radius 1 is 1.33 bits per heavy atom. The normalized spacial score (nSPS) is 10.2. The molecular formula is C12H6F2N2O5. The van der Waals surface area contributed by atoms with Gasteiger partial charge in [-0.1, -0.05) is 0 Å². The molecule has 1 aromatic heterocycles. The zero-order valence-electron chi connectivity index (χ0n) is 10.1. The molecule has 0 radical (unpaired) electrons. The first-order chi connectivity index (χ1) is 9.88. The Morgan fingerprint density at radius 2 is 2.05 bits per heavy atom. The summed E-state index contributed by atoms with van der Waals surface area (Å²) in [5, 5.41) is 19.7. The van der Waals surface area contributed by atoms with Crippen LogP contribution < -0.4 is 4.74 Å². The van der Waals surface area contributed by atoms with Crippen LogP contribution in [0.15, 0.2) is 30.5 Å². The Hall–Kier alpha value is -3.10. The number of nitrogens with zero attached hydrogens (tertiary/aromatic N) is 2. The summed E-state index contributed by atoms with van der Waals surface area (Å²) < 4.78 is 31.0. The van der Waals surface area contributed by atoms with Crippen molar-refractivity contribution in [3.05, 3.63) is 57.8 Å². The van der Waals surface area contributed by atoms with Gasteiger partial charge in [0, 0.05) is 18.2 Å². The molecule has 0 aliphatic carbocycles. The van der Waals surface area contributed by atoms with Crippen molar-refractivity contribution in [3.8, 4) is 11.6 Å². The fraction of sp³-hybridized carbons (Fsp3) is 0. The zero-order valence-corrected chi connectivity index (χ0v) is 10.1. The number of aromatic carboxylic acids is 1. The molecule has 9 heteroatoms. The predicted molar refractivity (Wildman–Crippen MR) is 64.3 cm³/mol. The van der Waals surface area contributed by atoms with Crippen molar-refractivity contribution in [2.75, 3.05) is 0 Å². The lowest BCUT2D eigenvalue weighted by molar-refractivity contribution is -0.385. The molecule has 2 rings (SSSR count). The van der Waals surface area contributed by atoms with Crippen molar-refractivity contribution >= 4 is 11.7 Å². The molecule has 0 fully saturated rings. The number of aromatic nitrogens is 1. The van der Waals surface area contributed by atoms with Crippen LogP contribution in [0.1, 0.15) is 10.4 Å². The molecule has 0 saturated heterocycles. The second-order valence-electron chi connectivity index (χ2n) is 3.79. The van der Waals surface area contributed by atoms with E-state index in [0.717, 1.165) is 18.2 Å². The summed E-state index contributed by atoms with van der Waals surface area (Å²) in [6, 6.07) is 3.24. The number of benzene rings is 1. The van der Waals surface area contributed by atoms with Gasteiger partial charge in [-0.05, 0) is 6.07 Å². The highest BCUT2D eigenvalue weighted by atomic mass is 19.1. The number of carboxylic acid groups (broad SMARTS) is 1. The number of rotatable bonds is 4. The number of pyridine rings is 1. The van der Waals surface area contributed by atoms with Crippen LogP contribution in [0.5, 0.6) is 11.6 Å². The largest absolute Gasteiger partial charge is 0.478 e. The molecule has 7 nitrogen and oxygen atoms in total. The fourth-order valence-corrected chi connectivity index (χ4v) is 1.46. The topological polar surface area (TPSA) is 103 Å². The third kappa shape index (κ3) is 3.08. The Balaban J connectivity index is 2.48. The van der Waals surface area contributed by atoms with Crippen LogP contribution in [0, 0.1) is 21.7 Å². The Labute approximate surface area is 115 Å². The second kappa shape index (κ2) is 5.49. The van der Waals surface area contributed by atoms with Crippen LogP contribution in [0.2, 0.25) is 0 Å². The highest BCUT2D eigenvalue weighted by molar-refractivity contribution is 5.88. The van der Waals surface area contributed by atoms with E-state index in [0.29, 0.717) is 12.3 Å². The van der Waals surface area contributed by atoms with Gasteiger partial charge in [0.25, 0.3) is 5.88 Å². The molecule has 1 aromatic carbocycles. The molecule has 21 heavy (non-hydrogen) atoms. The Morgan fingerprint density at radius 3 is 2.62 bits per heavy atom. The van der Waals surface area contributed by atoms with E-state index in [-0.39, 0.29) is 5.56 Å². The maximum Gasteiger partial charge on any atom is 0.335 e. The summed E-state index contributed by atoms with van der Waals surface area (Å²) in [4.78, 5) is 24.1. The van der Waals surface area contributed by atoms with E-state index in [1.165, 1.54) is 0 Å². The van der Waals surface area contributed by atoms with Gasteiger partial charge in [-0.2, -0.15) is 0 Å². The van der Waals surface area contributed by atoms with Crippen LogP contribution in [-0.4, -0.2) is 21.0 Å². The molecule has 0 aliphatic heterocycles. The monoisotopic (exact) mass is 296 g/mol. The smallest absolute Gasteiger partial charge is 0.335 e. The minimum Gasteiger partial charge on any atom is -0.478 e. The van der Waals surface area contributed by atoms with Crippen molar-refractivity contribution in [2.24, 2.45) is 0 Å². The van der Waals surface area contributed by atoms with Crippen LogP contribution in [-0.2, 0) is 0 Å². The molecule has 0 saturated carbocycles. The third-order valence-electron chi connectivity index (χ3n) is 2.38. The molecule has 1 heterocycles. The van der Waals surface area contributed by atoms with E-state index >= 15 is 0 Å². The predicted octanol–water partition coefficient (Wildman–Crippen LogP) is 2.76. The van der Waals surface area contributed by atoms with Gasteiger partial charge in [-0.15, -0.1) is 0 Å². The Bertz CT molecular complexity index is 736. The van der Waals surface area contributed by atoms with Crippen molar-refractivity contribution < 1.29 is 28.3 Å². The van der Waals surface area contributed by atoms with Crippen LogP contribution in [0.3, 0.4) is 0 Å². The molecular weight excluding hydrogens is 290 g/mol. The number of halogens is 2. The summed E-state index contributed by atoms with van der Waals surface area (Å²) in [5.74, 6) is -4.69. The van der Waals surface area contributed by atoms with E-state index in [2.05, 4.69) is 4.98 Å². The van der Waals surface area contributed by atoms with Crippen LogP contribution >= 0.6 is 0 Å². The number of carbonyl (C=O) groups is 1. The SMILES string of the molecule is O=C(O)c1ccc([N+](=O)[O-])c(Oc2ncc(F)cc2F)c1. The number of hydrogen-bond acceptors (Lipinski definition) is 5. The lowest BCUT2D eigenvalue weighted by Crippen LogP contribution is -2.01. The van der Waals surface area contributed by atoms with Gasteiger partial charge >= 0.3 is 11.7 Å². The van der Waals surface area contributed by atoms with Gasteiger partial charge in [0.05, 0.1) is 16.7 Å². The van der Waals surface area contributed by atoms with E-state index < -0.39 is 39.8 Å². The van der Waals surface area contributed by atoms with E-state index in [1.807, 2.05) is 0 Å². The highest BCUT2D eigenvalue weighted by Gasteiger charge is 2.20. The summed E-state index contributed by atoms with van der Waals surface area (Å²) in [6.07, 6.45) is 0.658. The molecule has 108 valence electrons. The molecule has 0 aliphatic rings. The van der Waals surface area contributed by atoms with Gasteiger partial charge in [0.15, 0.2) is 5.82 Å². The van der Waals surface area contributed by atoms with Gasteiger partial charge in [0.1, 0.15) is 5.82 Å².